The number of fused-ring (bicyclic) bond motifs is 1. The van der Waals surface area contributed by atoms with Crippen LogP contribution in [0.3, 0.4) is 0 Å². The number of rotatable bonds is 5. The second kappa shape index (κ2) is 7.28. The van der Waals surface area contributed by atoms with E-state index in [9.17, 15) is 14.7 Å². The molecule has 5 nitrogen and oxygen atoms in total. The van der Waals surface area contributed by atoms with E-state index in [2.05, 4.69) is 22.0 Å². The van der Waals surface area contributed by atoms with Crippen molar-refractivity contribution in [2.45, 2.75) is 32.4 Å². The van der Waals surface area contributed by atoms with Gasteiger partial charge < -0.3 is 14.4 Å². The molecule has 0 bridgehead atoms. The number of amides is 1. The van der Waals surface area contributed by atoms with Gasteiger partial charge in [-0.05, 0) is 55.3 Å². The highest BCUT2D eigenvalue weighted by Gasteiger charge is 2.51. The summed E-state index contributed by atoms with van der Waals surface area (Å²) in [6.45, 7) is 4.33. The Morgan fingerprint density at radius 1 is 1.17 bits per heavy atom. The average molecular weight is 454 g/mol. The molecule has 1 amide bonds. The highest BCUT2D eigenvalue weighted by Crippen LogP contribution is 2.45. The van der Waals surface area contributed by atoms with E-state index in [0.717, 1.165) is 21.2 Å². The fourth-order valence-electron chi connectivity index (χ4n) is 3.80. The zero-order chi connectivity index (χ0) is 20.8. The van der Waals surface area contributed by atoms with Gasteiger partial charge in [-0.25, -0.2) is 0 Å². The van der Waals surface area contributed by atoms with Crippen LogP contribution in [-0.4, -0.2) is 16.8 Å². The zero-order valence-corrected chi connectivity index (χ0v) is 17.7. The molecule has 1 unspecified atom stereocenters. The summed E-state index contributed by atoms with van der Waals surface area (Å²) in [7, 11) is 0. The third kappa shape index (κ3) is 3.43. The van der Waals surface area contributed by atoms with Crippen molar-refractivity contribution in [1.29, 1.82) is 0 Å². The van der Waals surface area contributed by atoms with Gasteiger partial charge in [-0.15, -0.1) is 0 Å². The number of carbonyl (C=O) groups excluding carboxylic acids is 2. The maximum Gasteiger partial charge on any atom is 0.264 e. The molecule has 1 aromatic heterocycles. The molecule has 0 aliphatic carbocycles. The number of halogens is 1. The quantitative estimate of drug-likeness (QED) is 0.569. The molecular weight excluding hydrogens is 434 g/mol. The Balaban J connectivity index is 1.73. The number of anilines is 1. The number of aliphatic hydroxyl groups is 1. The van der Waals surface area contributed by atoms with Gasteiger partial charge in [0.25, 0.3) is 5.91 Å². The molecule has 3 aromatic rings. The van der Waals surface area contributed by atoms with Crippen molar-refractivity contribution in [3.05, 3.63) is 87.3 Å². The number of hydrogen-bond acceptors (Lipinski definition) is 4. The summed E-state index contributed by atoms with van der Waals surface area (Å²) in [4.78, 5) is 27.5. The summed E-state index contributed by atoms with van der Waals surface area (Å²) < 4.78 is 5.88. The lowest BCUT2D eigenvalue weighted by atomic mass is 9.89. The Labute approximate surface area is 177 Å². The molecule has 0 saturated heterocycles. The first-order valence-corrected chi connectivity index (χ1v) is 10.1. The average Bonchev–Trinajstić information content (AvgIpc) is 3.27. The predicted octanol–water partition coefficient (Wildman–Crippen LogP) is 4.67. The molecular formula is C23H20BrNO4. The van der Waals surface area contributed by atoms with Crippen LogP contribution in [0.5, 0.6) is 0 Å². The van der Waals surface area contributed by atoms with Crippen LogP contribution in [-0.2, 0) is 16.9 Å². The molecule has 148 valence electrons. The topological polar surface area (TPSA) is 70.8 Å². The summed E-state index contributed by atoms with van der Waals surface area (Å²) in [5, 5.41) is 11.4. The van der Waals surface area contributed by atoms with Gasteiger partial charge in [0.2, 0.25) is 5.78 Å². The van der Waals surface area contributed by atoms with E-state index in [-0.39, 0.29) is 12.2 Å². The fourth-order valence-corrected chi connectivity index (χ4v) is 4.16. The van der Waals surface area contributed by atoms with Crippen molar-refractivity contribution in [3.8, 4) is 0 Å². The first-order chi connectivity index (χ1) is 13.8. The minimum atomic E-state index is -1.94. The summed E-state index contributed by atoms with van der Waals surface area (Å²) in [5.74, 6) is -0.814. The molecule has 0 fully saturated rings. The van der Waals surface area contributed by atoms with Crippen LogP contribution in [0.2, 0.25) is 0 Å². The van der Waals surface area contributed by atoms with Crippen LogP contribution in [0.25, 0.3) is 0 Å². The zero-order valence-electron chi connectivity index (χ0n) is 16.1. The molecule has 4 rings (SSSR count). The van der Waals surface area contributed by atoms with Gasteiger partial charge in [0.15, 0.2) is 11.4 Å². The lowest BCUT2D eigenvalue weighted by molar-refractivity contribution is -0.136. The molecule has 0 saturated carbocycles. The lowest BCUT2D eigenvalue weighted by Crippen LogP contribution is -2.41. The maximum atomic E-state index is 13.4. The van der Waals surface area contributed by atoms with Gasteiger partial charge in [0, 0.05) is 10.0 Å². The summed E-state index contributed by atoms with van der Waals surface area (Å²) in [6, 6.07) is 14.5. The van der Waals surface area contributed by atoms with Gasteiger partial charge in [0.1, 0.15) is 0 Å². The molecule has 1 N–H and O–H groups in total. The number of nitrogens with zero attached hydrogens (tertiary/aromatic N) is 1. The third-order valence-electron chi connectivity index (χ3n) is 5.33. The van der Waals surface area contributed by atoms with Crippen LogP contribution in [0, 0.1) is 13.8 Å². The van der Waals surface area contributed by atoms with Crippen molar-refractivity contribution < 1.29 is 19.1 Å². The fraction of sp³-hybridized carbons (Fsp3) is 0.217. The normalized spacial score (nSPS) is 18.2. The van der Waals surface area contributed by atoms with Gasteiger partial charge in [0.05, 0.1) is 24.9 Å². The highest BCUT2D eigenvalue weighted by atomic mass is 79.9. The van der Waals surface area contributed by atoms with Gasteiger partial charge >= 0.3 is 0 Å². The molecule has 1 aliphatic rings. The molecule has 2 aromatic carbocycles. The number of aryl methyl sites for hydroxylation is 2. The Kier molecular flexibility index (Phi) is 4.92. The Morgan fingerprint density at radius 3 is 2.66 bits per heavy atom. The standard InChI is InChI=1S/C23H20BrNO4/c1-14-5-6-16(15(2)10-14)13-25-19-8-7-17(24)11-18(19)23(28,22(25)27)12-20(26)21-4-3-9-29-21/h3-11,28H,12-13H2,1-2H3. The maximum absolute atomic E-state index is 13.4. The van der Waals surface area contributed by atoms with Gasteiger partial charge in [-0.1, -0.05) is 39.7 Å². The lowest BCUT2D eigenvalue weighted by Gasteiger charge is -2.23. The summed E-state index contributed by atoms with van der Waals surface area (Å²) in [5.41, 5.74) is 2.28. The first-order valence-electron chi connectivity index (χ1n) is 9.27. The molecule has 29 heavy (non-hydrogen) atoms. The number of benzene rings is 2. The smallest absolute Gasteiger partial charge is 0.264 e. The van der Waals surface area contributed by atoms with Crippen LogP contribution in [0.1, 0.15) is 39.2 Å². The van der Waals surface area contributed by atoms with Gasteiger partial charge in [-0.3, -0.25) is 9.59 Å². The highest BCUT2D eigenvalue weighted by molar-refractivity contribution is 9.10. The van der Waals surface area contributed by atoms with E-state index >= 15 is 0 Å². The summed E-state index contributed by atoms with van der Waals surface area (Å²) >= 11 is 3.40. The number of ketones is 1. The number of Topliss-reactive ketones (excluding diaryl/α,β-unsaturated/α-hetero) is 1. The van der Waals surface area contributed by atoms with E-state index in [1.165, 1.54) is 12.3 Å². The predicted molar refractivity (Wildman–Crippen MR) is 113 cm³/mol. The second-order valence-corrected chi connectivity index (χ2v) is 8.34. The Bertz CT molecular complexity index is 1110. The first kappa shape index (κ1) is 19.6. The minimum Gasteiger partial charge on any atom is -0.461 e. The van der Waals surface area contributed by atoms with Crippen LogP contribution in [0.4, 0.5) is 5.69 Å². The largest absolute Gasteiger partial charge is 0.461 e. The van der Waals surface area contributed by atoms with E-state index in [1.54, 1.807) is 23.1 Å². The monoisotopic (exact) mass is 453 g/mol. The third-order valence-corrected chi connectivity index (χ3v) is 5.83. The SMILES string of the molecule is Cc1ccc(CN2C(=O)C(O)(CC(=O)c3ccco3)c3cc(Br)ccc32)c(C)c1. The number of carbonyl (C=O) groups is 2. The number of furan rings is 1. The Hall–Kier alpha value is -2.70. The van der Waals surface area contributed by atoms with E-state index < -0.39 is 17.3 Å². The van der Waals surface area contributed by atoms with Crippen LogP contribution >= 0.6 is 15.9 Å². The van der Waals surface area contributed by atoms with Crippen molar-refractivity contribution in [2.75, 3.05) is 4.90 Å². The molecule has 1 atom stereocenters. The number of hydrogen-bond donors (Lipinski definition) is 1. The summed E-state index contributed by atoms with van der Waals surface area (Å²) in [6.07, 6.45) is 1.01. The van der Waals surface area contributed by atoms with Crippen molar-refractivity contribution >= 4 is 33.3 Å². The van der Waals surface area contributed by atoms with E-state index in [0.29, 0.717) is 17.8 Å². The molecule has 0 spiro atoms. The van der Waals surface area contributed by atoms with Crippen molar-refractivity contribution in [3.63, 3.8) is 0 Å². The van der Waals surface area contributed by atoms with Crippen molar-refractivity contribution in [1.82, 2.24) is 0 Å². The van der Waals surface area contributed by atoms with Crippen LogP contribution in [0.15, 0.2) is 63.7 Å². The van der Waals surface area contributed by atoms with Crippen LogP contribution < -0.4 is 4.90 Å². The van der Waals surface area contributed by atoms with Crippen molar-refractivity contribution in [2.24, 2.45) is 0 Å². The van der Waals surface area contributed by atoms with E-state index in [4.69, 9.17) is 4.42 Å². The second-order valence-electron chi connectivity index (χ2n) is 7.42. The Morgan fingerprint density at radius 2 is 1.97 bits per heavy atom. The van der Waals surface area contributed by atoms with Gasteiger partial charge in [-0.2, -0.15) is 0 Å². The van der Waals surface area contributed by atoms with E-state index in [1.807, 2.05) is 32.0 Å². The molecule has 2 heterocycles. The molecule has 6 heteroatoms. The molecule has 0 radical (unpaired) electrons. The molecule has 1 aliphatic heterocycles. The minimum absolute atomic E-state index is 0.121.